The van der Waals surface area contributed by atoms with Crippen molar-refractivity contribution >= 4 is 17.5 Å². The molecule has 0 unspecified atom stereocenters. The van der Waals surface area contributed by atoms with Crippen LogP contribution >= 0.6 is 0 Å². The molecule has 1 aromatic carbocycles. The summed E-state index contributed by atoms with van der Waals surface area (Å²) in [5.41, 5.74) is 1.40. The van der Waals surface area contributed by atoms with E-state index < -0.39 is 11.0 Å². The zero-order valence-electron chi connectivity index (χ0n) is 11.7. The van der Waals surface area contributed by atoms with E-state index >= 15 is 0 Å². The van der Waals surface area contributed by atoms with Gasteiger partial charge in [0, 0.05) is 43.5 Å². The van der Waals surface area contributed by atoms with Crippen LogP contribution in [-0.2, 0) is 11.3 Å². The number of benzene rings is 1. The lowest BCUT2D eigenvalue weighted by molar-refractivity contribution is -0.384. The molecule has 0 spiro atoms. The normalized spacial score (nSPS) is 14.8. The number of morpholine rings is 1. The highest BCUT2D eigenvalue weighted by atomic mass is 16.6. The van der Waals surface area contributed by atoms with Crippen LogP contribution in [0.5, 0.6) is 0 Å². The molecule has 1 amide bonds. The first-order chi connectivity index (χ1) is 9.99. The predicted molar refractivity (Wildman–Crippen MR) is 75.6 cm³/mol. The Morgan fingerprint density at radius 3 is 2.71 bits per heavy atom. The van der Waals surface area contributed by atoms with E-state index in [0.717, 1.165) is 10.6 Å². The molecule has 114 valence electrons. The van der Waals surface area contributed by atoms with Gasteiger partial charge in [-0.3, -0.25) is 10.1 Å². The van der Waals surface area contributed by atoms with Crippen molar-refractivity contribution in [1.82, 2.24) is 4.90 Å². The number of nitro benzene ring substituents is 1. The number of nitro groups is 1. The molecule has 1 fully saturated rings. The Labute approximate surface area is 121 Å². The maximum atomic E-state index is 11.0. The van der Waals surface area contributed by atoms with Gasteiger partial charge in [-0.05, 0) is 6.07 Å². The number of carboxylic acid groups (broad SMARTS) is 1. The maximum Gasteiger partial charge on any atom is 0.407 e. The van der Waals surface area contributed by atoms with E-state index in [1.165, 1.54) is 19.2 Å². The third-order valence-corrected chi connectivity index (χ3v) is 3.36. The summed E-state index contributed by atoms with van der Waals surface area (Å²) in [6.45, 7) is 2.64. The monoisotopic (exact) mass is 295 g/mol. The summed E-state index contributed by atoms with van der Waals surface area (Å²) in [7, 11) is 1.43. The van der Waals surface area contributed by atoms with Crippen LogP contribution in [0.3, 0.4) is 0 Å². The van der Waals surface area contributed by atoms with Crippen molar-refractivity contribution in [3.63, 3.8) is 0 Å². The van der Waals surface area contributed by atoms with Crippen molar-refractivity contribution in [2.24, 2.45) is 0 Å². The number of hydrogen-bond acceptors (Lipinski definition) is 5. The van der Waals surface area contributed by atoms with Crippen LogP contribution in [0.4, 0.5) is 16.2 Å². The molecule has 0 aromatic heterocycles. The van der Waals surface area contributed by atoms with E-state index in [2.05, 4.69) is 4.90 Å². The third kappa shape index (κ3) is 3.60. The number of anilines is 1. The van der Waals surface area contributed by atoms with Gasteiger partial charge in [0.05, 0.1) is 24.7 Å². The average Bonchev–Trinajstić information content (AvgIpc) is 2.47. The number of amides is 1. The van der Waals surface area contributed by atoms with Crippen LogP contribution in [0.1, 0.15) is 5.56 Å². The molecule has 1 aliphatic rings. The minimum atomic E-state index is -1.07. The fraction of sp³-hybridized carbons (Fsp3) is 0.462. The topological polar surface area (TPSA) is 96.1 Å². The van der Waals surface area contributed by atoms with E-state index in [-0.39, 0.29) is 12.2 Å². The van der Waals surface area contributed by atoms with Gasteiger partial charge in [-0.2, -0.15) is 0 Å². The van der Waals surface area contributed by atoms with Gasteiger partial charge in [-0.25, -0.2) is 4.79 Å². The lowest BCUT2D eigenvalue weighted by Gasteiger charge is -2.31. The second-order valence-electron chi connectivity index (χ2n) is 4.81. The molecular formula is C13H17N3O5. The molecule has 0 saturated carbocycles. The molecular weight excluding hydrogens is 278 g/mol. The van der Waals surface area contributed by atoms with Gasteiger partial charge in [-0.15, -0.1) is 0 Å². The predicted octanol–water partition coefficient (Wildman–Crippen LogP) is 1.54. The summed E-state index contributed by atoms with van der Waals surface area (Å²) in [5, 5.41) is 19.9. The first kappa shape index (κ1) is 15.0. The molecule has 2 rings (SSSR count). The second kappa shape index (κ2) is 6.40. The molecule has 21 heavy (non-hydrogen) atoms. The maximum absolute atomic E-state index is 11.0. The fourth-order valence-electron chi connectivity index (χ4n) is 2.25. The van der Waals surface area contributed by atoms with Crippen LogP contribution in [0.25, 0.3) is 0 Å². The highest BCUT2D eigenvalue weighted by molar-refractivity contribution is 5.66. The van der Waals surface area contributed by atoms with Crippen LogP contribution in [0.2, 0.25) is 0 Å². The Morgan fingerprint density at radius 2 is 2.14 bits per heavy atom. The minimum Gasteiger partial charge on any atom is -0.465 e. The van der Waals surface area contributed by atoms with Crippen molar-refractivity contribution in [3.05, 3.63) is 33.9 Å². The summed E-state index contributed by atoms with van der Waals surface area (Å²) in [5.74, 6) is 0. The smallest absolute Gasteiger partial charge is 0.407 e. The summed E-state index contributed by atoms with van der Waals surface area (Å²) in [6, 6.07) is 4.55. The number of nitrogens with zero attached hydrogens (tertiary/aromatic N) is 3. The zero-order valence-corrected chi connectivity index (χ0v) is 11.7. The Kier molecular flexibility index (Phi) is 4.59. The Hall–Kier alpha value is -2.35. The van der Waals surface area contributed by atoms with Gasteiger partial charge < -0.3 is 19.6 Å². The van der Waals surface area contributed by atoms with Crippen molar-refractivity contribution < 1.29 is 19.6 Å². The Balaban J connectivity index is 2.33. The molecule has 0 aliphatic carbocycles. The molecule has 8 nitrogen and oxygen atoms in total. The van der Waals surface area contributed by atoms with Crippen LogP contribution < -0.4 is 4.90 Å². The fourth-order valence-corrected chi connectivity index (χ4v) is 2.25. The molecule has 1 N–H and O–H groups in total. The second-order valence-corrected chi connectivity index (χ2v) is 4.81. The van der Waals surface area contributed by atoms with E-state index in [1.54, 1.807) is 6.07 Å². The van der Waals surface area contributed by atoms with E-state index in [0.29, 0.717) is 31.9 Å². The van der Waals surface area contributed by atoms with Gasteiger partial charge in [0.2, 0.25) is 0 Å². The third-order valence-electron chi connectivity index (χ3n) is 3.36. The highest BCUT2D eigenvalue weighted by Gasteiger charge is 2.19. The summed E-state index contributed by atoms with van der Waals surface area (Å²) >= 11 is 0. The highest BCUT2D eigenvalue weighted by Crippen LogP contribution is 2.27. The van der Waals surface area contributed by atoms with Crippen LogP contribution in [-0.4, -0.2) is 54.4 Å². The van der Waals surface area contributed by atoms with Crippen LogP contribution in [0, 0.1) is 10.1 Å². The number of ether oxygens (including phenoxy) is 1. The number of carbonyl (C=O) groups is 1. The largest absolute Gasteiger partial charge is 0.465 e. The average molecular weight is 295 g/mol. The van der Waals surface area contributed by atoms with Gasteiger partial charge in [0.25, 0.3) is 5.69 Å². The van der Waals surface area contributed by atoms with E-state index in [9.17, 15) is 14.9 Å². The zero-order chi connectivity index (χ0) is 15.4. The number of hydrogen-bond donors (Lipinski definition) is 1. The first-order valence-electron chi connectivity index (χ1n) is 6.53. The number of rotatable bonds is 4. The van der Waals surface area contributed by atoms with Crippen molar-refractivity contribution in [2.45, 2.75) is 6.54 Å². The SMILES string of the molecule is CN(Cc1cc([N+](=O)[O-])ccc1N1CCOCC1)C(=O)O. The lowest BCUT2D eigenvalue weighted by atomic mass is 10.1. The summed E-state index contributed by atoms with van der Waals surface area (Å²) in [6.07, 6.45) is -1.07. The van der Waals surface area contributed by atoms with Gasteiger partial charge >= 0.3 is 6.09 Å². The van der Waals surface area contributed by atoms with Crippen LogP contribution in [0.15, 0.2) is 18.2 Å². The first-order valence-corrected chi connectivity index (χ1v) is 6.53. The molecule has 0 radical (unpaired) electrons. The molecule has 8 heteroatoms. The summed E-state index contributed by atoms with van der Waals surface area (Å²) in [4.78, 5) is 24.5. The minimum absolute atomic E-state index is 0.0409. The molecule has 0 atom stereocenters. The van der Waals surface area contributed by atoms with Gasteiger partial charge in [0.15, 0.2) is 0 Å². The van der Waals surface area contributed by atoms with Gasteiger partial charge in [0.1, 0.15) is 0 Å². The molecule has 1 aromatic rings. The van der Waals surface area contributed by atoms with E-state index in [1.807, 2.05) is 0 Å². The van der Waals surface area contributed by atoms with E-state index in [4.69, 9.17) is 9.84 Å². The molecule has 1 heterocycles. The standard InChI is InChI=1S/C13H17N3O5/c1-14(13(17)18)9-10-8-11(16(19)20)2-3-12(10)15-4-6-21-7-5-15/h2-3,8H,4-7,9H2,1H3,(H,17,18). The number of non-ortho nitro benzene ring substituents is 1. The van der Waals surface area contributed by atoms with Crippen molar-refractivity contribution in [2.75, 3.05) is 38.3 Å². The quantitative estimate of drug-likeness (QED) is 0.668. The molecule has 0 bridgehead atoms. The Morgan fingerprint density at radius 1 is 1.48 bits per heavy atom. The lowest BCUT2D eigenvalue weighted by Crippen LogP contribution is -2.37. The Bertz CT molecular complexity index is 543. The van der Waals surface area contributed by atoms with Crippen molar-refractivity contribution in [1.29, 1.82) is 0 Å². The molecule has 1 saturated heterocycles. The van der Waals surface area contributed by atoms with Gasteiger partial charge in [-0.1, -0.05) is 0 Å². The van der Waals surface area contributed by atoms with Crippen molar-refractivity contribution in [3.8, 4) is 0 Å². The summed E-state index contributed by atoms with van der Waals surface area (Å²) < 4.78 is 5.29. The molecule has 1 aliphatic heterocycles.